The second kappa shape index (κ2) is 12.3. The summed E-state index contributed by atoms with van der Waals surface area (Å²) in [6.45, 7) is 2.66. The molecule has 4 heteroatoms. The smallest absolute Gasteiger partial charge is 0.261 e. The van der Waals surface area contributed by atoms with Gasteiger partial charge in [0.25, 0.3) is 6.43 Å². The summed E-state index contributed by atoms with van der Waals surface area (Å²) in [6, 6.07) is 0.239. The number of hydrogen-bond acceptors (Lipinski definition) is 2. The molecule has 0 amide bonds. The Bertz CT molecular complexity index is 239. The molecule has 1 aliphatic rings. The van der Waals surface area contributed by atoms with Crippen molar-refractivity contribution < 1.29 is 13.5 Å². The Morgan fingerprint density at radius 2 is 1.52 bits per heavy atom. The number of rotatable bonds is 6. The highest BCUT2D eigenvalue weighted by Gasteiger charge is 2.22. The molecule has 0 aromatic rings. The van der Waals surface area contributed by atoms with Crippen LogP contribution in [0.2, 0.25) is 0 Å². The van der Waals surface area contributed by atoms with Crippen molar-refractivity contribution in [3.05, 3.63) is 0 Å². The van der Waals surface area contributed by atoms with Gasteiger partial charge in [-0.1, -0.05) is 58.3 Å². The maximum atomic E-state index is 12.5. The minimum absolute atomic E-state index is 0.0509. The summed E-state index contributed by atoms with van der Waals surface area (Å²) >= 11 is 0. The molecule has 1 aliphatic carbocycles. The minimum atomic E-state index is -2.36. The predicted octanol–water partition coefficient (Wildman–Crippen LogP) is 4.92. The van der Waals surface area contributed by atoms with Gasteiger partial charge in [-0.25, -0.2) is 8.78 Å². The number of nitrogens with one attached hydrogen (secondary N) is 1. The van der Waals surface area contributed by atoms with Gasteiger partial charge in [0.2, 0.25) is 0 Å². The van der Waals surface area contributed by atoms with Gasteiger partial charge in [0.15, 0.2) is 0 Å². The fourth-order valence-electron chi connectivity index (χ4n) is 3.12. The molecule has 0 bridgehead atoms. The lowest BCUT2D eigenvalue weighted by Crippen LogP contribution is -2.42. The summed E-state index contributed by atoms with van der Waals surface area (Å²) in [5, 5.41) is 3.53. The first-order valence-corrected chi connectivity index (χ1v) is 8.87. The molecule has 1 rings (SSSR count). The first-order chi connectivity index (χ1) is 10.2. The van der Waals surface area contributed by atoms with Gasteiger partial charge < -0.3 is 10.1 Å². The number of ether oxygens (including phenoxy) is 1. The van der Waals surface area contributed by atoms with Crippen molar-refractivity contribution in [1.29, 1.82) is 0 Å². The second-order valence-electron chi connectivity index (χ2n) is 6.23. The van der Waals surface area contributed by atoms with E-state index in [9.17, 15) is 8.78 Å². The molecule has 1 N–H and O–H groups in total. The van der Waals surface area contributed by atoms with E-state index in [1.165, 1.54) is 44.9 Å². The van der Waals surface area contributed by atoms with Crippen LogP contribution in [0.3, 0.4) is 0 Å². The average Bonchev–Trinajstić information content (AvgIpc) is 2.45. The van der Waals surface area contributed by atoms with E-state index in [1.807, 2.05) is 0 Å². The molecule has 0 aliphatic heterocycles. The molecule has 0 saturated heterocycles. The maximum Gasteiger partial charge on any atom is 0.261 e. The van der Waals surface area contributed by atoms with Gasteiger partial charge in [-0.2, -0.15) is 0 Å². The summed E-state index contributed by atoms with van der Waals surface area (Å²) in [5.41, 5.74) is 0. The van der Waals surface area contributed by atoms with Crippen LogP contribution >= 0.6 is 0 Å². The number of hydrogen-bond donors (Lipinski definition) is 1. The molecule has 0 aromatic heterocycles. The van der Waals surface area contributed by atoms with E-state index >= 15 is 0 Å². The third-order valence-electron chi connectivity index (χ3n) is 4.30. The SMILES string of the molecule is CCCNC1CCCCCCCCCCC1OCC(F)F. The third kappa shape index (κ3) is 9.41. The highest BCUT2D eigenvalue weighted by atomic mass is 19.3. The summed E-state index contributed by atoms with van der Waals surface area (Å²) in [7, 11) is 0. The van der Waals surface area contributed by atoms with Gasteiger partial charge in [-0.05, 0) is 25.8 Å². The van der Waals surface area contributed by atoms with E-state index in [4.69, 9.17) is 4.74 Å². The molecule has 0 heterocycles. The zero-order valence-corrected chi connectivity index (χ0v) is 13.6. The zero-order valence-electron chi connectivity index (χ0n) is 13.6. The zero-order chi connectivity index (χ0) is 15.3. The predicted molar refractivity (Wildman–Crippen MR) is 84.0 cm³/mol. The molecule has 21 heavy (non-hydrogen) atoms. The molecule has 126 valence electrons. The van der Waals surface area contributed by atoms with Crippen molar-refractivity contribution in [3.63, 3.8) is 0 Å². The molecular formula is C17H33F2NO. The van der Waals surface area contributed by atoms with Crippen molar-refractivity contribution in [1.82, 2.24) is 5.32 Å². The van der Waals surface area contributed by atoms with E-state index in [0.717, 1.165) is 32.2 Å². The lowest BCUT2D eigenvalue weighted by Gasteiger charge is -2.29. The number of halogens is 2. The van der Waals surface area contributed by atoms with Crippen molar-refractivity contribution in [2.45, 2.75) is 96.1 Å². The Morgan fingerprint density at radius 1 is 0.952 bits per heavy atom. The Hall–Kier alpha value is -0.220. The van der Waals surface area contributed by atoms with E-state index in [-0.39, 0.29) is 12.1 Å². The first kappa shape index (κ1) is 18.8. The van der Waals surface area contributed by atoms with Crippen LogP contribution in [0, 0.1) is 0 Å². The van der Waals surface area contributed by atoms with Gasteiger partial charge in [0.05, 0.1) is 6.10 Å². The third-order valence-corrected chi connectivity index (χ3v) is 4.30. The van der Waals surface area contributed by atoms with Crippen LogP contribution in [0.5, 0.6) is 0 Å². The van der Waals surface area contributed by atoms with Crippen LogP contribution in [0.4, 0.5) is 8.78 Å². The lowest BCUT2D eigenvalue weighted by atomic mass is 9.95. The van der Waals surface area contributed by atoms with Crippen molar-refractivity contribution >= 4 is 0 Å². The fraction of sp³-hybridized carbons (Fsp3) is 1.00. The average molecular weight is 305 g/mol. The van der Waals surface area contributed by atoms with E-state index in [0.29, 0.717) is 0 Å². The van der Waals surface area contributed by atoms with Gasteiger partial charge in [-0.3, -0.25) is 0 Å². The molecule has 0 aromatic carbocycles. The van der Waals surface area contributed by atoms with Crippen molar-refractivity contribution in [2.24, 2.45) is 0 Å². The van der Waals surface area contributed by atoms with Crippen LogP contribution in [0.15, 0.2) is 0 Å². The molecular weight excluding hydrogens is 272 g/mol. The lowest BCUT2D eigenvalue weighted by molar-refractivity contribution is -0.0432. The fourth-order valence-corrected chi connectivity index (χ4v) is 3.12. The quantitative estimate of drug-likeness (QED) is 0.752. The van der Waals surface area contributed by atoms with E-state index < -0.39 is 13.0 Å². The van der Waals surface area contributed by atoms with Crippen LogP contribution < -0.4 is 5.32 Å². The minimum Gasteiger partial charge on any atom is -0.371 e. The summed E-state index contributed by atoms with van der Waals surface area (Å²) in [5.74, 6) is 0. The van der Waals surface area contributed by atoms with E-state index in [1.54, 1.807) is 0 Å². The first-order valence-electron chi connectivity index (χ1n) is 8.87. The molecule has 0 radical (unpaired) electrons. The monoisotopic (exact) mass is 305 g/mol. The number of alkyl halides is 2. The Balaban J connectivity index is 2.54. The second-order valence-corrected chi connectivity index (χ2v) is 6.23. The maximum absolute atomic E-state index is 12.5. The Labute approximate surface area is 129 Å². The topological polar surface area (TPSA) is 21.3 Å². The highest BCUT2D eigenvalue weighted by molar-refractivity contribution is 4.78. The van der Waals surface area contributed by atoms with Gasteiger partial charge in [-0.15, -0.1) is 0 Å². The molecule has 1 saturated carbocycles. The standard InChI is InChI=1S/C17H33F2NO/c1-2-13-20-15-11-9-7-5-3-4-6-8-10-12-16(15)21-14-17(18)19/h15-17,20H,2-14H2,1H3. The molecule has 2 nitrogen and oxygen atoms in total. The normalized spacial score (nSPS) is 26.3. The van der Waals surface area contributed by atoms with Gasteiger partial charge in [0.1, 0.15) is 6.61 Å². The van der Waals surface area contributed by atoms with Crippen LogP contribution in [-0.4, -0.2) is 31.7 Å². The van der Waals surface area contributed by atoms with Crippen molar-refractivity contribution in [2.75, 3.05) is 13.2 Å². The molecule has 1 fully saturated rings. The van der Waals surface area contributed by atoms with Gasteiger partial charge in [0, 0.05) is 6.04 Å². The molecule has 0 spiro atoms. The van der Waals surface area contributed by atoms with Crippen LogP contribution in [0.25, 0.3) is 0 Å². The Kier molecular flexibility index (Phi) is 11.1. The van der Waals surface area contributed by atoms with Crippen LogP contribution in [-0.2, 0) is 4.74 Å². The Morgan fingerprint density at radius 3 is 2.10 bits per heavy atom. The largest absolute Gasteiger partial charge is 0.371 e. The molecule has 2 unspecified atom stereocenters. The molecule has 2 atom stereocenters. The van der Waals surface area contributed by atoms with Crippen LogP contribution in [0.1, 0.15) is 77.6 Å². The van der Waals surface area contributed by atoms with E-state index in [2.05, 4.69) is 12.2 Å². The van der Waals surface area contributed by atoms with Crippen molar-refractivity contribution in [3.8, 4) is 0 Å². The summed E-state index contributed by atoms with van der Waals surface area (Å²) < 4.78 is 30.5. The summed E-state index contributed by atoms with van der Waals surface area (Å²) in [4.78, 5) is 0. The summed E-state index contributed by atoms with van der Waals surface area (Å²) in [6.07, 6.45) is 10.6. The van der Waals surface area contributed by atoms with Gasteiger partial charge >= 0.3 is 0 Å². The highest BCUT2D eigenvalue weighted by Crippen LogP contribution is 2.20.